The smallest absolute Gasteiger partial charge is 0.325 e. The number of alkyl halides is 3. The lowest BCUT2D eigenvalue weighted by Crippen LogP contribution is -2.18. The van der Waals surface area contributed by atoms with E-state index in [1.807, 2.05) is 0 Å². The molecule has 1 aromatic heterocycles. The Labute approximate surface area is 116 Å². The molecule has 1 aromatic carbocycles. The Balaban J connectivity index is 2.47. The minimum absolute atomic E-state index is 0.0166. The number of hydrogen-bond donors (Lipinski definition) is 1. The van der Waals surface area contributed by atoms with Crippen molar-refractivity contribution >= 4 is 11.6 Å². The van der Waals surface area contributed by atoms with E-state index >= 15 is 0 Å². The summed E-state index contributed by atoms with van der Waals surface area (Å²) >= 11 is 5.78. The van der Waals surface area contributed by atoms with Gasteiger partial charge in [0.2, 0.25) is 0 Å². The van der Waals surface area contributed by atoms with Crippen LogP contribution in [-0.2, 0) is 19.3 Å². The number of nitrogens with zero attached hydrogens (tertiary/aromatic N) is 3. The van der Waals surface area contributed by atoms with Gasteiger partial charge in [-0.05, 0) is 12.1 Å². The van der Waals surface area contributed by atoms with Gasteiger partial charge in [-0.2, -0.15) is 13.2 Å². The van der Waals surface area contributed by atoms with Crippen molar-refractivity contribution in [3.05, 3.63) is 46.0 Å². The van der Waals surface area contributed by atoms with Crippen LogP contribution < -0.4 is 5.73 Å². The summed E-state index contributed by atoms with van der Waals surface area (Å²) in [5, 5.41) is 6.75. The largest absolute Gasteiger partial charge is 0.434 e. The second kappa shape index (κ2) is 5.37. The SMILES string of the molecule is NCc1nnn(Cc2c(F)cccc2Cl)c1C(F)(F)F. The second-order valence-corrected chi connectivity index (χ2v) is 4.35. The molecule has 2 rings (SSSR count). The number of nitrogens with two attached hydrogens (primary N) is 1. The van der Waals surface area contributed by atoms with Crippen molar-refractivity contribution in [1.29, 1.82) is 0 Å². The molecule has 1 heterocycles. The van der Waals surface area contributed by atoms with E-state index in [1.165, 1.54) is 12.1 Å². The molecule has 0 radical (unpaired) electrons. The van der Waals surface area contributed by atoms with E-state index in [2.05, 4.69) is 10.3 Å². The fourth-order valence-corrected chi connectivity index (χ4v) is 1.96. The van der Waals surface area contributed by atoms with Crippen LogP contribution in [0.1, 0.15) is 17.0 Å². The summed E-state index contributed by atoms with van der Waals surface area (Å²) in [6, 6.07) is 3.85. The molecule has 0 unspecified atom stereocenters. The zero-order chi connectivity index (χ0) is 14.9. The highest BCUT2D eigenvalue weighted by Gasteiger charge is 2.39. The van der Waals surface area contributed by atoms with E-state index in [0.29, 0.717) is 4.68 Å². The number of halogens is 5. The first-order chi connectivity index (χ1) is 9.34. The molecule has 0 aliphatic carbocycles. The standard InChI is InChI=1S/C11H9ClF4N4/c12-7-2-1-3-8(13)6(7)5-20-10(11(14,15)16)9(4-17)18-19-20/h1-3H,4-5,17H2. The highest BCUT2D eigenvalue weighted by molar-refractivity contribution is 6.31. The Hall–Kier alpha value is -1.67. The summed E-state index contributed by atoms with van der Waals surface area (Å²) in [6.07, 6.45) is -4.68. The fraction of sp³-hybridized carbons (Fsp3) is 0.273. The first-order valence-electron chi connectivity index (χ1n) is 5.47. The molecule has 2 N–H and O–H groups in total. The zero-order valence-electron chi connectivity index (χ0n) is 9.96. The van der Waals surface area contributed by atoms with Gasteiger partial charge in [-0.25, -0.2) is 9.07 Å². The third kappa shape index (κ3) is 2.75. The lowest BCUT2D eigenvalue weighted by Gasteiger charge is -2.12. The van der Waals surface area contributed by atoms with Crippen LogP contribution in [0.4, 0.5) is 17.6 Å². The molecule has 0 saturated heterocycles. The third-order valence-electron chi connectivity index (χ3n) is 2.64. The van der Waals surface area contributed by atoms with Crippen LogP contribution in [0.15, 0.2) is 18.2 Å². The Morgan fingerprint density at radius 2 is 2.00 bits per heavy atom. The van der Waals surface area contributed by atoms with Crippen LogP contribution in [0.5, 0.6) is 0 Å². The van der Waals surface area contributed by atoms with Gasteiger partial charge in [-0.3, -0.25) is 0 Å². The lowest BCUT2D eigenvalue weighted by atomic mass is 10.2. The van der Waals surface area contributed by atoms with Crippen LogP contribution in [0, 0.1) is 5.82 Å². The Morgan fingerprint density at radius 3 is 2.55 bits per heavy atom. The molecular formula is C11H9ClF4N4. The Morgan fingerprint density at radius 1 is 1.30 bits per heavy atom. The predicted octanol–water partition coefficient (Wildman–Crippen LogP) is 2.60. The first-order valence-corrected chi connectivity index (χ1v) is 5.85. The molecule has 0 fully saturated rings. The van der Waals surface area contributed by atoms with Gasteiger partial charge in [0.25, 0.3) is 0 Å². The Bertz CT molecular complexity index is 603. The van der Waals surface area contributed by atoms with Gasteiger partial charge >= 0.3 is 6.18 Å². The van der Waals surface area contributed by atoms with E-state index in [0.717, 1.165) is 6.07 Å². The molecule has 0 atom stereocenters. The maximum Gasteiger partial charge on any atom is 0.434 e. The topological polar surface area (TPSA) is 56.7 Å². The average Bonchev–Trinajstić information content (AvgIpc) is 2.76. The van der Waals surface area contributed by atoms with E-state index in [9.17, 15) is 17.6 Å². The van der Waals surface area contributed by atoms with E-state index in [4.69, 9.17) is 17.3 Å². The van der Waals surface area contributed by atoms with Gasteiger partial charge in [0.05, 0.1) is 6.54 Å². The highest BCUT2D eigenvalue weighted by Crippen LogP contribution is 2.32. The zero-order valence-corrected chi connectivity index (χ0v) is 10.7. The molecule has 4 nitrogen and oxygen atoms in total. The Kier molecular flexibility index (Phi) is 3.96. The summed E-state index contributed by atoms with van der Waals surface area (Å²) in [4.78, 5) is 0. The predicted molar refractivity (Wildman–Crippen MR) is 63.4 cm³/mol. The van der Waals surface area contributed by atoms with Gasteiger partial charge < -0.3 is 5.73 Å². The normalized spacial score (nSPS) is 11.9. The van der Waals surface area contributed by atoms with E-state index in [-0.39, 0.29) is 10.6 Å². The van der Waals surface area contributed by atoms with Crippen molar-refractivity contribution in [1.82, 2.24) is 15.0 Å². The molecular weight excluding hydrogens is 300 g/mol. The fourth-order valence-electron chi connectivity index (χ4n) is 1.74. The number of benzene rings is 1. The second-order valence-electron chi connectivity index (χ2n) is 3.94. The molecule has 0 amide bonds. The summed E-state index contributed by atoms with van der Waals surface area (Å²) in [7, 11) is 0. The summed E-state index contributed by atoms with van der Waals surface area (Å²) < 4.78 is 53.0. The lowest BCUT2D eigenvalue weighted by molar-refractivity contribution is -0.144. The number of hydrogen-bond acceptors (Lipinski definition) is 3. The average molecular weight is 309 g/mol. The third-order valence-corrected chi connectivity index (χ3v) is 2.99. The van der Waals surface area contributed by atoms with Crippen LogP contribution in [0.25, 0.3) is 0 Å². The molecule has 0 bridgehead atoms. The van der Waals surface area contributed by atoms with Crippen LogP contribution >= 0.6 is 11.6 Å². The van der Waals surface area contributed by atoms with Crippen molar-refractivity contribution in [3.63, 3.8) is 0 Å². The van der Waals surface area contributed by atoms with Crippen molar-refractivity contribution in [2.45, 2.75) is 19.3 Å². The minimum atomic E-state index is -4.68. The minimum Gasteiger partial charge on any atom is -0.325 e. The molecule has 2 aromatic rings. The highest BCUT2D eigenvalue weighted by atomic mass is 35.5. The van der Waals surface area contributed by atoms with Crippen LogP contribution in [-0.4, -0.2) is 15.0 Å². The first kappa shape index (κ1) is 14.7. The number of rotatable bonds is 3. The van der Waals surface area contributed by atoms with Crippen molar-refractivity contribution in [2.75, 3.05) is 0 Å². The molecule has 108 valence electrons. The molecule has 0 saturated carbocycles. The molecule has 9 heteroatoms. The van der Waals surface area contributed by atoms with Gasteiger partial charge in [0.15, 0.2) is 5.69 Å². The van der Waals surface area contributed by atoms with Crippen molar-refractivity contribution < 1.29 is 17.6 Å². The maximum atomic E-state index is 13.6. The van der Waals surface area contributed by atoms with E-state index < -0.39 is 36.5 Å². The van der Waals surface area contributed by atoms with Gasteiger partial charge in [0, 0.05) is 17.1 Å². The summed E-state index contributed by atoms with van der Waals surface area (Å²) in [6.45, 7) is -0.896. The molecule has 0 aliphatic heterocycles. The van der Waals surface area contributed by atoms with E-state index in [1.54, 1.807) is 0 Å². The molecule has 20 heavy (non-hydrogen) atoms. The van der Waals surface area contributed by atoms with Gasteiger partial charge in [0.1, 0.15) is 11.5 Å². The van der Waals surface area contributed by atoms with Gasteiger partial charge in [-0.1, -0.05) is 22.9 Å². The maximum absolute atomic E-state index is 13.6. The van der Waals surface area contributed by atoms with Gasteiger partial charge in [-0.15, -0.1) is 5.10 Å². The number of aromatic nitrogens is 3. The molecule has 0 spiro atoms. The van der Waals surface area contributed by atoms with Crippen molar-refractivity contribution in [3.8, 4) is 0 Å². The molecule has 0 aliphatic rings. The van der Waals surface area contributed by atoms with Crippen LogP contribution in [0.2, 0.25) is 5.02 Å². The van der Waals surface area contributed by atoms with Crippen LogP contribution in [0.3, 0.4) is 0 Å². The summed E-state index contributed by atoms with van der Waals surface area (Å²) in [5.74, 6) is -0.713. The van der Waals surface area contributed by atoms with Crippen molar-refractivity contribution in [2.24, 2.45) is 5.73 Å². The monoisotopic (exact) mass is 308 g/mol. The quantitative estimate of drug-likeness (QED) is 0.887. The summed E-state index contributed by atoms with van der Waals surface area (Å²) in [5.41, 5.74) is 3.61.